The number of carbonyl (C=O) groups excluding carboxylic acids is 2. The van der Waals surface area contributed by atoms with Gasteiger partial charge in [-0.1, -0.05) is 17.7 Å². The molecule has 0 bridgehead atoms. The molecular formula is C19H29N3O4. The van der Waals surface area contributed by atoms with Crippen LogP contribution in [0.15, 0.2) is 24.3 Å². The average Bonchev–Trinajstić information content (AvgIpc) is 2.58. The molecule has 26 heavy (non-hydrogen) atoms. The number of ether oxygens (including phenoxy) is 1. The van der Waals surface area contributed by atoms with E-state index in [2.05, 4.69) is 10.9 Å². The van der Waals surface area contributed by atoms with Gasteiger partial charge in [0.2, 0.25) is 0 Å². The van der Waals surface area contributed by atoms with E-state index in [4.69, 9.17) is 4.74 Å². The number of aryl methyl sites for hydroxylation is 1. The number of hydrazine groups is 1. The quantitative estimate of drug-likeness (QED) is 0.563. The summed E-state index contributed by atoms with van der Waals surface area (Å²) in [5.74, 6) is -0.345. The number of nitrogens with zero attached hydrogens (tertiary/aromatic N) is 1. The van der Waals surface area contributed by atoms with Gasteiger partial charge in [0, 0.05) is 24.6 Å². The van der Waals surface area contributed by atoms with Crippen LogP contribution in [0.5, 0.6) is 0 Å². The van der Waals surface area contributed by atoms with Gasteiger partial charge in [-0.2, -0.15) is 0 Å². The fourth-order valence-electron chi connectivity index (χ4n) is 2.76. The monoisotopic (exact) mass is 363 g/mol. The van der Waals surface area contributed by atoms with Crippen molar-refractivity contribution < 1.29 is 19.4 Å². The molecule has 1 unspecified atom stereocenters. The molecule has 1 aromatic rings. The molecule has 7 heteroatoms. The maximum Gasteiger partial charge on any atom is 0.410 e. The van der Waals surface area contributed by atoms with Crippen molar-refractivity contribution >= 4 is 12.0 Å². The molecule has 1 saturated heterocycles. The predicted molar refractivity (Wildman–Crippen MR) is 98.3 cm³/mol. The Morgan fingerprint density at radius 3 is 2.31 bits per heavy atom. The third kappa shape index (κ3) is 6.00. The standard InChI is InChI=1S/C19H29N3O4/c1-13-5-7-14(8-6-13)16(23)20-21-17(24)15-9-11-22(12-10-15)18(25)26-19(2,3)4/h5-8,15,17,21,24H,9-12H2,1-4H3,(H,20,23). The van der Waals surface area contributed by atoms with Crippen LogP contribution < -0.4 is 10.9 Å². The summed E-state index contributed by atoms with van der Waals surface area (Å²) in [4.78, 5) is 25.8. The van der Waals surface area contributed by atoms with Gasteiger partial charge < -0.3 is 14.7 Å². The molecule has 3 N–H and O–H groups in total. The van der Waals surface area contributed by atoms with Crippen molar-refractivity contribution in [2.24, 2.45) is 5.92 Å². The highest BCUT2D eigenvalue weighted by Gasteiger charge is 2.30. The first kappa shape index (κ1) is 20.2. The summed E-state index contributed by atoms with van der Waals surface area (Å²) in [5, 5.41) is 10.3. The molecule has 0 saturated carbocycles. The number of aliphatic hydroxyl groups is 1. The molecule has 2 amide bonds. The second-order valence-electron chi connectivity index (χ2n) is 7.71. The highest BCUT2D eigenvalue weighted by molar-refractivity contribution is 5.93. The first-order valence-electron chi connectivity index (χ1n) is 8.94. The van der Waals surface area contributed by atoms with Crippen molar-refractivity contribution in [3.8, 4) is 0 Å². The zero-order valence-electron chi connectivity index (χ0n) is 15.9. The lowest BCUT2D eigenvalue weighted by Gasteiger charge is -2.35. The Hall–Kier alpha value is -2.12. The Kier molecular flexibility index (Phi) is 6.61. The van der Waals surface area contributed by atoms with Gasteiger partial charge in [-0.3, -0.25) is 10.2 Å². The summed E-state index contributed by atoms with van der Waals surface area (Å²) >= 11 is 0. The van der Waals surface area contributed by atoms with Crippen molar-refractivity contribution in [1.82, 2.24) is 15.8 Å². The van der Waals surface area contributed by atoms with Gasteiger partial charge in [0.05, 0.1) is 0 Å². The topological polar surface area (TPSA) is 90.9 Å². The van der Waals surface area contributed by atoms with Crippen molar-refractivity contribution in [1.29, 1.82) is 0 Å². The van der Waals surface area contributed by atoms with E-state index >= 15 is 0 Å². The third-order valence-electron chi connectivity index (χ3n) is 4.29. The summed E-state index contributed by atoms with van der Waals surface area (Å²) in [6, 6.07) is 7.19. The zero-order valence-corrected chi connectivity index (χ0v) is 15.9. The van der Waals surface area contributed by atoms with Crippen LogP contribution in [0, 0.1) is 12.8 Å². The Morgan fingerprint density at radius 2 is 1.77 bits per heavy atom. The maximum atomic E-state index is 12.1. The van der Waals surface area contributed by atoms with Crippen LogP contribution in [0.3, 0.4) is 0 Å². The Balaban J connectivity index is 1.76. The molecule has 1 heterocycles. The lowest BCUT2D eigenvalue weighted by molar-refractivity contribution is -0.000603. The van der Waals surface area contributed by atoms with Gasteiger partial charge >= 0.3 is 6.09 Å². The molecule has 0 radical (unpaired) electrons. The molecule has 0 spiro atoms. The van der Waals surface area contributed by atoms with Crippen LogP contribution in [0.1, 0.15) is 49.5 Å². The van der Waals surface area contributed by atoms with Gasteiger partial charge in [-0.25, -0.2) is 10.2 Å². The Labute approximate surface area is 154 Å². The molecular weight excluding hydrogens is 334 g/mol. The number of benzene rings is 1. The fraction of sp³-hybridized carbons (Fsp3) is 0.579. The first-order valence-corrected chi connectivity index (χ1v) is 8.94. The van der Waals surface area contributed by atoms with Gasteiger partial charge in [-0.15, -0.1) is 0 Å². The number of piperidine rings is 1. The highest BCUT2D eigenvalue weighted by Crippen LogP contribution is 2.21. The number of rotatable bonds is 4. The van der Waals surface area contributed by atoms with E-state index in [1.165, 1.54) is 0 Å². The van der Waals surface area contributed by atoms with Crippen molar-refractivity contribution in [2.75, 3.05) is 13.1 Å². The molecule has 0 aromatic heterocycles. The normalized spacial score (nSPS) is 16.9. The molecule has 1 aromatic carbocycles. The van der Waals surface area contributed by atoms with E-state index < -0.39 is 11.8 Å². The number of likely N-dealkylation sites (tertiary alicyclic amines) is 1. The van der Waals surface area contributed by atoms with Gasteiger partial charge in [0.15, 0.2) is 0 Å². The predicted octanol–water partition coefficient (Wildman–Crippen LogP) is 2.19. The minimum Gasteiger partial charge on any atom is -0.444 e. The SMILES string of the molecule is Cc1ccc(C(=O)NNC(O)C2CCN(C(=O)OC(C)(C)C)CC2)cc1. The van der Waals surface area contributed by atoms with Gasteiger partial charge in [-0.05, 0) is 52.7 Å². The molecule has 1 fully saturated rings. The zero-order chi connectivity index (χ0) is 19.3. The average molecular weight is 363 g/mol. The summed E-state index contributed by atoms with van der Waals surface area (Å²) in [6.45, 7) is 8.49. The summed E-state index contributed by atoms with van der Waals surface area (Å²) in [6.07, 6.45) is 0.0676. The van der Waals surface area contributed by atoms with Gasteiger partial charge in [0.1, 0.15) is 11.8 Å². The molecule has 2 rings (SSSR count). The summed E-state index contributed by atoms with van der Waals surface area (Å²) < 4.78 is 5.36. The Morgan fingerprint density at radius 1 is 1.19 bits per heavy atom. The van der Waals surface area contributed by atoms with Crippen LogP contribution in [-0.4, -0.2) is 46.9 Å². The molecule has 144 valence electrons. The maximum absolute atomic E-state index is 12.1. The number of aliphatic hydroxyl groups excluding tert-OH is 1. The van der Waals surface area contributed by atoms with Crippen LogP contribution >= 0.6 is 0 Å². The minimum atomic E-state index is -0.870. The second kappa shape index (κ2) is 8.51. The highest BCUT2D eigenvalue weighted by atomic mass is 16.6. The lowest BCUT2D eigenvalue weighted by atomic mass is 9.95. The van der Waals surface area contributed by atoms with Crippen molar-refractivity contribution in [3.05, 3.63) is 35.4 Å². The fourth-order valence-corrected chi connectivity index (χ4v) is 2.76. The largest absolute Gasteiger partial charge is 0.444 e. The second-order valence-corrected chi connectivity index (χ2v) is 7.71. The van der Waals surface area contributed by atoms with Crippen LogP contribution in [0.25, 0.3) is 0 Å². The first-order chi connectivity index (χ1) is 12.2. The van der Waals surface area contributed by atoms with E-state index in [-0.39, 0.29) is 17.9 Å². The molecule has 0 aliphatic carbocycles. The minimum absolute atomic E-state index is 0.0491. The van der Waals surface area contributed by atoms with Crippen LogP contribution in [0.2, 0.25) is 0 Å². The van der Waals surface area contributed by atoms with Gasteiger partial charge in [0.25, 0.3) is 5.91 Å². The Bertz CT molecular complexity index is 617. The van der Waals surface area contributed by atoms with Crippen LogP contribution in [-0.2, 0) is 4.74 Å². The summed E-state index contributed by atoms with van der Waals surface area (Å²) in [5.41, 5.74) is 6.29. The number of amides is 2. The van der Waals surface area contributed by atoms with E-state index in [9.17, 15) is 14.7 Å². The van der Waals surface area contributed by atoms with E-state index in [1.54, 1.807) is 17.0 Å². The van der Waals surface area contributed by atoms with Crippen molar-refractivity contribution in [3.63, 3.8) is 0 Å². The van der Waals surface area contributed by atoms with E-state index in [1.807, 2.05) is 39.8 Å². The number of nitrogens with one attached hydrogen (secondary N) is 2. The molecule has 1 aliphatic rings. The van der Waals surface area contributed by atoms with Crippen molar-refractivity contribution in [2.45, 2.75) is 52.4 Å². The molecule has 7 nitrogen and oxygen atoms in total. The molecule has 1 aliphatic heterocycles. The number of hydrogen-bond donors (Lipinski definition) is 3. The lowest BCUT2D eigenvalue weighted by Crippen LogP contribution is -2.51. The molecule has 1 atom stereocenters. The smallest absolute Gasteiger partial charge is 0.410 e. The summed E-state index contributed by atoms with van der Waals surface area (Å²) in [7, 11) is 0. The third-order valence-corrected chi connectivity index (χ3v) is 4.29. The van der Waals surface area contributed by atoms with E-state index in [0.29, 0.717) is 31.5 Å². The number of hydrogen-bond acceptors (Lipinski definition) is 5. The van der Waals surface area contributed by atoms with Crippen LogP contribution in [0.4, 0.5) is 4.79 Å². The van der Waals surface area contributed by atoms with E-state index in [0.717, 1.165) is 5.56 Å². The number of carbonyl (C=O) groups is 2.